The van der Waals surface area contributed by atoms with Crippen molar-refractivity contribution in [2.45, 2.75) is 0 Å². The predicted molar refractivity (Wildman–Crippen MR) is 341 cm³/mol. The number of para-hydroxylation sites is 2. The molecule has 9 aliphatic rings. The van der Waals surface area contributed by atoms with Gasteiger partial charge in [0.2, 0.25) is 0 Å². The van der Waals surface area contributed by atoms with Gasteiger partial charge in [0.1, 0.15) is 0 Å². The molecule has 1 aromatic heterocycles. The van der Waals surface area contributed by atoms with Crippen molar-refractivity contribution in [2.24, 2.45) is 0 Å². The van der Waals surface area contributed by atoms with E-state index < -0.39 is 0 Å². The standard InChI is InChI=1S/C70H40B2N8S/c1-5-15-37(16-6-1)41-35-46-59-53(36-41)75-49-25-13-23-47-63(49)79(59)65-51(73-47)31-34-55-57(65)72(46)45-30-29-44-61-62(45)78(55)68-67(69(39-19-9-3-10-20-39)81-70(68)40-21-11-4-12-22-40)77(61)54-33-32-52-66-56(54)71(44)43-28-27-42(38-17-7-2-8-18-38)58-60(43)80(66)64-48(74-52)24-14-26-50(64)76-58/h1-36,73-76H. The van der Waals surface area contributed by atoms with E-state index in [9.17, 15) is 0 Å². The third-order valence-electron chi connectivity index (χ3n) is 18.8. The second kappa shape index (κ2) is 14.5. The van der Waals surface area contributed by atoms with Gasteiger partial charge in [0.15, 0.2) is 0 Å². The molecular weight excluding hydrogens is 1010 g/mol. The highest BCUT2D eigenvalue weighted by atomic mass is 32.1. The summed E-state index contributed by atoms with van der Waals surface area (Å²) in [5, 5.41) is 16.0. The first-order valence-corrected chi connectivity index (χ1v) is 28.8. The molecule has 0 unspecified atom stereocenters. The Labute approximate surface area is 471 Å². The average molecular weight is 1050 g/mol. The van der Waals surface area contributed by atoms with Gasteiger partial charge in [0, 0.05) is 16.9 Å². The van der Waals surface area contributed by atoms with Gasteiger partial charge in [0.05, 0.1) is 112 Å². The van der Waals surface area contributed by atoms with E-state index in [-0.39, 0.29) is 13.4 Å². The lowest BCUT2D eigenvalue weighted by molar-refractivity contribution is 1.17. The fourth-order valence-corrected chi connectivity index (χ4v) is 17.0. The van der Waals surface area contributed by atoms with Crippen molar-refractivity contribution in [3.63, 3.8) is 0 Å². The second-order valence-corrected chi connectivity index (χ2v) is 23.7. The molecule has 81 heavy (non-hydrogen) atoms. The third kappa shape index (κ3) is 4.95. The van der Waals surface area contributed by atoms with E-state index in [1.165, 1.54) is 138 Å². The van der Waals surface area contributed by atoms with E-state index in [1.807, 2.05) is 11.3 Å². The number of anilines is 20. The van der Waals surface area contributed by atoms with E-state index in [0.29, 0.717) is 0 Å². The maximum atomic E-state index is 4.06. The van der Waals surface area contributed by atoms with E-state index >= 15 is 0 Å². The van der Waals surface area contributed by atoms with Crippen molar-refractivity contribution in [1.29, 1.82) is 0 Å². The van der Waals surface area contributed by atoms with Crippen molar-refractivity contribution in [1.82, 2.24) is 0 Å². The fourth-order valence-electron chi connectivity index (χ4n) is 15.7. The summed E-state index contributed by atoms with van der Waals surface area (Å²) in [5.74, 6) is 0. The summed E-state index contributed by atoms with van der Waals surface area (Å²) in [6, 6.07) is 81.8. The molecule has 9 aliphatic heterocycles. The van der Waals surface area contributed by atoms with Crippen LogP contribution in [0.3, 0.4) is 0 Å². The summed E-state index contributed by atoms with van der Waals surface area (Å²) in [6.07, 6.45) is 0. The van der Waals surface area contributed by atoms with Crippen LogP contribution in [0.1, 0.15) is 0 Å². The summed E-state index contributed by atoms with van der Waals surface area (Å²) >= 11 is 1.92. The molecule has 0 saturated heterocycles. The minimum absolute atomic E-state index is 0.100. The molecule has 12 aromatic rings. The lowest BCUT2D eigenvalue weighted by Gasteiger charge is -2.54. The predicted octanol–water partition coefficient (Wildman–Crippen LogP) is 15.1. The summed E-state index contributed by atoms with van der Waals surface area (Å²) < 4.78 is 0. The number of nitrogens with one attached hydrogen (secondary N) is 4. The van der Waals surface area contributed by atoms with Gasteiger partial charge in [-0.25, -0.2) is 0 Å². The number of fused-ring (bicyclic) bond motifs is 9. The zero-order valence-electron chi connectivity index (χ0n) is 43.1. The Morgan fingerprint density at radius 2 is 0.716 bits per heavy atom. The van der Waals surface area contributed by atoms with E-state index in [1.54, 1.807) is 0 Å². The third-order valence-corrected chi connectivity index (χ3v) is 20.0. The highest BCUT2D eigenvalue weighted by molar-refractivity contribution is 7.20. The van der Waals surface area contributed by atoms with Crippen LogP contribution in [0.2, 0.25) is 0 Å². The first-order valence-electron chi connectivity index (χ1n) is 28.0. The van der Waals surface area contributed by atoms with Gasteiger partial charge >= 0.3 is 0 Å². The van der Waals surface area contributed by atoms with Gasteiger partial charge in [0.25, 0.3) is 13.4 Å². The van der Waals surface area contributed by atoms with Crippen LogP contribution in [0, 0.1) is 0 Å². The van der Waals surface area contributed by atoms with Crippen LogP contribution in [0.4, 0.5) is 114 Å². The Balaban J connectivity index is 0.918. The normalized spacial score (nSPS) is 14.7. The smallest absolute Gasteiger partial charge is 0.252 e. The molecule has 11 aromatic carbocycles. The summed E-state index contributed by atoms with van der Waals surface area (Å²) in [5.41, 5.74) is 38.5. The molecule has 0 amide bonds. The van der Waals surface area contributed by atoms with Gasteiger partial charge in [-0.15, -0.1) is 11.3 Å². The summed E-state index contributed by atoms with van der Waals surface area (Å²) in [6.45, 7) is -0.212. The van der Waals surface area contributed by atoms with Gasteiger partial charge in [-0.3, -0.25) is 0 Å². The Kier molecular flexibility index (Phi) is 7.45. The van der Waals surface area contributed by atoms with Gasteiger partial charge < -0.3 is 40.9 Å². The highest BCUT2D eigenvalue weighted by Crippen LogP contribution is 2.68. The quantitative estimate of drug-likeness (QED) is 0.130. The maximum Gasteiger partial charge on any atom is 0.252 e. The first-order chi connectivity index (χ1) is 40.2. The van der Waals surface area contributed by atoms with E-state index in [0.717, 1.165) is 51.2 Å². The van der Waals surface area contributed by atoms with Gasteiger partial charge in [-0.2, -0.15) is 0 Å². The van der Waals surface area contributed by atoms with E-state index in [2.05, 4.69) is 259 Å². The zero-order valence-corrected chi connectivity index (χ0v) is 44.0. The summed E-state index contributed by atoms with van der Waals surface area (Å²) in [4.78, 5) is 13.2. The van der Waals surface area contributed by atoms with Crippen LogP contribution < -0.4 is 73.6 Å². The lowest BCUT2D eigenvalue weighted by Crippen LogP contribution is -2.66. The Morgan fingerprint density at radius 3 is 1.27 bits per heavy atom. The number of benzene rings is 11. The minimum Gasteiger partial charge on any atom is -0.352 e. The van der Waals surface area contributed by atoms with Crippen molar-refractivity contribution in [3.8, 4) is 43.1 Å². The molecular formula is C70H40B2N8S. The molecule has 4 N–H and O–H groups in total. The SMILES string of the molecule is c1ccc(-c2cc3c4c(c2)B2c5ccc6c7c5N(c5ccc8c(c52)N4c2c(cccc2N8)N3)c2c(-c3ccccc3)sc(-c3ccccc3)c2N7c2ccc3c4c2B6c2ccc(-c5ccccc5)c5c2N4c2c(cccc2N5)N3)cc1. The molecule has 10 heterocycles. The molecule has 21 rings (SSSR count). The number of rotatable bonds is 4. The molecule has 11 heteroatoms. The van der Waals surface area contributed by atoms with Crippen molar-refractivity contribution < 1.29 is 0 Å². The molecule has 0 saturated carbocycles. The van der Waals surface area contributed by atoms with Crippen molar-refractivity contribution in [3.05, 3.63) is 218 Å². The largest absolute Gasteiger partial charge is 0.352 e. The Hall–Kier alpha value is -10.4. The zero-order chi connectivity index (χ0) is 52.1. The molecule has 0 radical (unpaired) electrons. The van der Waals surface area contributed by atoms with Crippen LogP contribution in [0.15, 0.2) is 218 Å². The van der Waals surface area contributed by atoms with Crippen LogP contribution in [-0.2, 0) is 0 Å². The monoisotopic (exact) mass is 1050 g/mol. The van der Waals surface area contributed by atoms with E-state index in [4.69, 9.17) is 0 Å². The average Bonchev–Trinajstić information content (AvgIpc) is 3.56. The van der Waals surface area contributed by atoms with Crippen molar-refractivity contribution in [2.75, 3.05) is 40.9 Å². The van der Waals surface area contributed by atoms with Crippen LogP contribution >= 0.6 is 11.3 Å². The molecule has 0 spiro atoms. The van der Waals surface area contributed by atoms with Crippen LogP contribution in [0.5, 0.6) is 0 Å². The molecule has 372 valence electrons. The van der Waals surface area contributed by atoms with Crippen LogP contribution in [-0.4, -0.2) is 13.4 Å². The highest BCUT2D eigenvalue weighted by Gasteiger charge is 2.56. The Morgan fingerprint density at radius 1 is 0.272 bits per heavy atom. The minimum atomic E-state index is -0.112. The fraction of sp³-hybridized carbons (Fsp3) is 0. The van der Waals surface area contributed by atoms with Gasteiger partial charge in [-0.05, 0) is 115 Å². The molecule has 0 bridgehead atoms. The molecule has 0 atom stereocenters. The van der Waals surface area contributed by atoms with Crippen molar-refractivity contribution >= 4 is 171 Å². The summed E-state index contributed by atoms with van der Waals surface area (Å²) in [7, 11) is 0. The number of hydrogen-bond donors (Lipinski definition) is 4. The lowest BCUT2D eigenvalue weighted by atomic mass is 9.30. The topological polar surface area (TPSA) is 61.1 Å². The molecule has 8 nitrogen and oxygen atoms in total. The van der Waals surface area contributed by atoms with Gasteiger partial charge in [-0.1, -0.05) is 164 Å². The molecule has 0 fully saturated rings. The first kappa shape index (κ1) is 41.7. The Bertz CT molecular complexity index is 4930. The second-order valence-electron chi connectivity index (χ2n) is 22.7. The number of nitrogens with zero attached hydrogens (tertiary/aromatic N) is 4. The number of thiophene rings is 1. The number of hydrogen-bond acceptors (Lipinski definition) is 9. The molecule has 0 aliphatic carbocycles. The van der Waals surface area contributed by atoms with Crippen LogP contribution in [0.25, 0.3) is 43.1 Å². The maximum absolute atomic E-state index is 4.06.